The van der Waals surface area contributed by atoms with Gasteiger partial charge in [0.1, 0.15) is 11.4 Å². The molecule has 2 aliphatic rings. The van der Waals surface area contributed by atoms with Gasteiger partial charge in [-0.2, -0.15) is 5.10 Å². The molecule has 3 N–H and O–H groups in total. The highest BCUT2D eigenvalue weighted by Gasteiger charge is 2.45. The summed E-state index contributed by atoms with van der Waals surface area (Å²) in [5.74, 6) is -1.20. The molecule has 3 aromatic rings. The zero-order valence-electron chi connectivity index (χ0n) is 24.7. The number of hydrogen-bond acceptors (Lipinski definition) is 7. The number of aromatic nitrogens is 2. The highest BCUT2D eigenvalue weighted by atomic mass is 19.1. The topological polar surface area (TPSA) is 112 Å². The smallest absolute Gasteiger partial charge is 0.341 e. The molecule has 2 fully saturated rings. The highest BCUT2D eigenvalue weighted by Crippen LogP contribution is 2.51. The van der Waals surface area contributed by atoms with Crippen LogP contribution >= 0.6 is 0 Å². The molecule has 1 unspecified atom stereocenters. The van der Waals surface area contributed by atoms with Gasteiger partial charge in [0.2, 0.25) is 0 Å². The Morgan fingerprint density at radius 1 is 1.12 bits per heavy atom. The Balaban J connectivity index is 0.000000952. The number of likely N-dealkylation sites (tertiary alicyclic amines) is 1. The number of hydrogen-bond donors (Lipinski definition) is 2. The third-order valence-corrected chi connectivity index (χ3v) is 7.50. The molecule has 2 heterocycles. The summed E-state index contributed by atoms with van der Waals surface area (Å²) >= 11 is 0. The lowest BCUT2D eigenvalue weighted by Crippen LogP contribution is -2.28. The number of benzene rings is 2. The minimum Gasteiger partial charge on any atom is -0.462 e. The van der Waals surface area contributed by atoms with Crippen molar-refractivity contribution in [3.05, 3.63) is 83.2 Å². The van der Waals surface area contributed by atoms with E-state index in [4.69, 9.17) is 10.5 Å². The largest absolute Gasteiger partial charge is 0.462 e. The summed E-state index contributed by atoms with van der Waals surface area (Å²) in [6.45, 7) is 6.09. The molecule has 1 aliphatic carbocycles. The quantitative estimate of drug-likeness (QED) is 0.349. The van der Waals surface area contributed by atoms with Crippen LogP contribution < -0.4 is 11.1 Å². The molecule has 1 amide bonds. The number of carbonyl (C=O) groups excluding carboxylic acids is 2. The molecule has 5 rings (SSSR count). The lowest BCUT2D eigenvalue weighted by molar-refractivity contribution is 0.0524. The molecule has 1 saturated carbocycles. The van der Waals surface area contributed by atoms with Crippen LogP contribution in [0, 0.1) is 11.7 Å². The number of esters is 1. The maximum absolute atomic E-state index is 15.7. The molecule has 2 atom stereocenters. The van der Waals surface area contributed by atoms with Crippen molar-refractivity contribution in [3.63, 3.8) is 0 Å². The summed E-state index contributed by atoms with van der Waals surface area (Å²) < 4.78 is 27.2. The third-order valence-electron chi connectivity index (χ3n) is 7.50. The van der Waals surface area contributed by atoms with Gasteiger partial charge in [0.05, 0.1) is 29.7 Å². The zero-order valence-corrected chi connectivity index (χ0v) is 24.7. The van der Waals surface area contributed by atoms with Crippen molar-refractivity contribution >= 4 is 11.9 Å². The van der Waals surface area contributed by atoms with E-state index in [0.717, 1.165) is 31.6 Å². The van der Waals surface area contributed by atoms with Gasteiger partial charge in [-0.05, 0) is 56.9 Å². The van der Waals surface area contributed by atoms with E-state index in [9.17, 15) is 9.59 Å². The van der Waals surface area contributed by atoms with E-state index in [1.54, 1.807) is 55.1 Å². The number of nitrogens with two attached hydrogens (primary N) is 1. The number of carbonyl (C=O) groups is 2. The summed E-state index contributed by atoms with van der Waals surface area (Å²) in [6.07, 6.45) is 5.93. The van der Waals surface area contributed by atoms with E-state index < -0.39 is 11.8 Å². The first-order valence-corrected chi connectivity index (χ1v) is 14.4. The molecular weight excluding hydrogens is 537 g/mol. The molecule has 1 aliphatic heterocycles. The molecule has 9 nitrogen and oxygen atoms in total. The molecule has 0 bridgehead atoms. The van der Waals surface area contributed by atoms with E-state index in [1.807, 2.05) is 25.1 Å². The first-order chi connectivity index (χ1) is 20.4. The predicted octanol–water partition coefficient (Wildman–Crippen LogP) is 4.87. The van der Waals surface area contributed by atoms with Gasteiger partial charge < -0.3 is 25.4 Å². The number of nitrogens with zero attached hydrogens (tertiary/aromatic N) is 3. The Kier molecular flexibility index (Phi) is 10.4. The van der Waals surface area contributed by atoms with Gasteiger partial charge in [-0.15, -0.1) is 0 Å². The SMILES string of the molecule is CCOC.CCOC(=O)c1cnn(-c2cccc(-c3cccc(C(=O)N4CCCC4)c3F)c2)c1[C@@H]1CC1/C(N)=C/NC. The van der Waals surface area contributed by atoms with E-state index in [0.29, 0.717) is 41.2 Å². The fourth-order valence-electron chi connectivity index (χ4n) is 5.24. The van der Waals surface area contributed by atoms with Crippen LogP contribution in [0.2, 0.25) is 0 Å². The average Bonchev–Trinajstić information content (AvgIpc) is 3.38. The molecule has 224 valence electrons. The van der Waals surface area contributed by atoms with Gasteiger partial charge in [0, 0.05) is 63.2 Å². The number of ether oxygens (including phenoxy) is 2. The summed E-state index contributed by atoms with van der Waals surface area (Å²) in [5.41, 5.74) is 9.75. The molecule has 0 radical (unpaired) electrons. The Morgan fingerprint density at radius 3 is 2.50 bits per heavy atom. The molecule has 0 spiro atoms. The van der Waals surface area contributed by atoms with Crippen molar-refractivity contribution in [3.8, 4) is 16.8 Å². The highest BCUT2D eigenvalue weighted by molar-refractivity contribution is 5.96. The Hall–Kier alpha value is -4.18. The number of rotatable bonds is 9. The fourth-order valence-corrected chi connectivity index (χ4v) is 5.24. The summed E-state index contributed by atoms with van der Waals surface area (Å²) in [4.78, 5) is 27.4. The molecule has 2 aromatic carbocycles. The molecular formula is C32H40FN5O4. The molecule has 1 aromatic heterocycles. The van der Waals surface area contributed by atoms with E-state index in [2.05, 4.69) is 15.2 Å². The number of methoxy groups -OCH3 is 1. The fraction of sp³-hybridized carbons (Fsp3) is 0.406. The van der Waals surface area contributed by atoms with Gasteiger partial charge in [-0.25, -0.2) is 13.9 Å². The predicted molar refractivity (Wildman–Crippen MR) is 160 cm³/mol. The number of nitrogens with one attached hydrogen (secondary N) is 1. The first kappa shape index (κ1) is 30.8. The minimum absolute atomic E-state index is 0.0108. The van der Waals surface area contributed by atoms with Crippen LogP contribution in [0.25, 0.3) is 16.8 Å². The second kappa shape index (κ2) is 14.1. The van der Waals surface area contributed by atoms with Crippen LogP contribution in [0.4, 0.5) is 4.39 Å². The molecule has 10 heteroatoms. The monoisotopic (exact) mass is 577 g/mol. The standard InChI is InChI=1S/C29H32FN5O3.C3H8O/c1-3-38-29(37)24-16-33-35(27(24)23-15-22(23)25(31)17-32-2)19-9-6-8-18(14-19)20-10-7-11-21(26(20)30)28(36)34-12-4-5-13-34;1-3-4-2/h6-11,14,16-17,22-23,32H,3-5,12-13,15,31H2,1-2H3;3H2,1-2H3/b25-17-;/t22?,23-;/m1./s1. The van der Waals surface area contributed by atoms with E-state index in [-0.39, 0.29) is 29.9 Å². The lowest BCUT2D eigenvalue weighted by Gasteiger charge is -2.17. The van der Waals surface area contributed by atoms with Gasteiger partial charge >= 0.3 is 5.97 Å². The van der Waals surface area contributed by atoms with Crippen LogP contribution in [0.15, 0.2) is 60.6 Å². The van der Waals surface area contributed by atoms with Crippen LogP contribution in [-0.2, 0) is 9.47 Å². The second-order valence-corrected chi connectivity index (χ2v) is 10.3. The van der Waals surface area contributed by atoms with Gasteiger partial charge in [0.25, 0.3) is 5.91 Å². The summed E-state index contributed by atoms with van der Waals surface area (Å²) in [6, 6.07) is 12.2. The van der Waals surface area contributed by atoms with Crippen molar-refractivity contribution in [2.24, 2.45) is 11.7 Å². The van der Waals surface area contributed by atoms with Crippen LogP contribution in [0.3, 0.4) is 0 Å². The normalized spacial score (nSPS) is 17.8. The van der Waals surface area contributed by atoms with Gasteiger partial charge in [0.15, 0.2) is 0 Å². The van der Waals surface area contributed by atoms with Crippen molar-refractivity contribution in [2.75, 3.05) is 40.5 Å². The summed E-state index contributed by atoms with van der Waals surface area (Å²) in [5, 5.41) is 7.49. The van der Waals surface area contributed by atoms with Gasteiger partial charge in [-0.3, -0.25) is 4.79 Å². The maximum atomic E-state index is 15.7. The lowest BCUT2D eigenvalue weighted by atomic mass is 10.0. The van der Waals surface area contributed by atoms with E-state index >= 15 is 4.39 Å². The van der Waals surface area contributed by atoms with Crippen molar-refractivity contribution in [2.45, 2.75) is 39.0 Å². The van der Waals surface area contributed by atoms with Crippen molar-refractivity contribution in [1.29, 1.82) is 0 Å². The van der Waals surface area contributed by atoms with Crippen LogP contribution in [0.5, 0.6) is 0 Å². The van der Waals surface area contributed by atoms with E-state index in [1.165, 1.54) is 12.3 Å². The number of allylic oxidation sites excluding steroid dienone is 1. The zero-order chi connectivity index (χ0) is 30.2. The van der Waals surface area contributed by atoms with Crippen molar-refractivity contribution in [1.82, 2.24) is 20.0 Å². The Morgan fingerprint density at radius 2 is 1.83 bits per heavy atom. The summed E-state index contributed by atoms with van der Waals surface area (Å²) in [7, 11) is 3.47. The minimum atomic E-state index is -0.540. The number of amides is 1. The number of halogens is 1. The van der Waals surface area contributed by atoms with Crippen LogP contribution in [-0.4, -0.2) is 67.0 Å². The van der Waals surface area contributed by atoms with Crippen molar-refractivity contribution < 1.29 is 23.5 Å². The third kappa shape index (κ3) is 6.65. The average molecular weight is 578 g/mol. The Bertz CT molecular complexity index is 1430. The molecule has 1 saturated heterocycles. The second-order valence-electron chi connectivity index (χ2n) is 10.3. The Labute approximate surface area is 246 Å². The van der Waals surface area contributed by atoms with Gasteiger partial charge in [-0.1, -0.05) is 24.3 Å². The first-order valence-electron chi connectivity index (χ1n) is 14.4. The maximum Gasteiger partial charge on any atom is 0.341 e. The van der Waals surface area contributed by atoms with Crippen LogP contribution in [0.1, 0.15) is 65.4 Å². The molecule has 42 heavy (non-hydrogen) atoms.